The van der Waals surface area contributed by atoms with Gasteiger partial charge in [0.1, 0.15) is 29.2 Å². The molecule has 1 saturated heterocycles. The summed E-state index contributed by atoms with van der Waals surface area (Å²) in [5, 5.41) is 10.9. The predicted octanol–water partition coefficient (Wildman–Crippen LogP) is 9.51. The van der Waals surface area contributed by atoms with Crippen molar-refractivity contribution in [2.45, 2.75) is 17.5 Å². The quantitative estimate of drug-likeness (QED) is 0.0812. The number of para-hydroxylation sites is 1. The molecule has 12 heteroatoms. The Morgan fingerprint density at radius 1 is 0.846 bits per heavy atom. The topological polar surface area (TPSA) is 97.7 Å². The van der Waals surface area contributed by atoms with Crippen LogP contribution in [0.25, 0.3) is 0 Å². The number of hydrogen-bond donors (Lipinski definition) is 1. The third kappa shape index (κ3) is 7.64. The van der Waals surface area contributed by atoms with Gasteiger partial charge in [0, 0.05) is 39.2 Å². The maximum atomic E-state index is 14.4. The van der Waals surface area contributed by atoms with Crippen molar-refractivity contribution in [2.24, 2.45) is 4.99 Å². The first-order chi connectivity index (χ1) is 25.3. The lowest BCUT2D eigenvalue weighted by molar-refractivity contribution is -0.153. The summed E-state index contributed by atoms with van der Waals surface area (Å²) in [5.74, 6) is 0.284. The fourth-order valence-electron chi connectivity index (χ4n) is 5.79. The second-order valence-electron chi connectivity index (χ2n) is 11.8. The van der Waals surface area contributed by atoms with Crippen molar-refractivity contribution in [2.75, 3.05) is 12.4 Å². The number of benzene rings is 5. The number of thioether (sulfide) groups is 1. The van der Waals surface area contributed by atoms with Crippen molar-refractivity contribution in [1.29, 1.82) is 0 Å². The lowest BCUT2D eigenvalue weighted by Crippen LogP contribution is -2.64. The minimum Gasteiger partial charge on any atom is -0.507 e. The van der Waals surface area contributed by atoms with E-state index in [9.17, 15) is 14.7 Å². The van der Waals surface area contributed by atoms with Crippen LogP contribution in [-0.4, -0.2) is 51.9 Å². The number of carbonyl (C=O) groups excluding carboxylic acids is 2. The van der Waals surface area contributed by atoms with Gasteiger partial charge >= 0.3 is 5.97 Å². The number of ether oxygens (including phenoxy) is 3. The van der Waals surface area contributed by atoms with Gasteiger partial charge in [-0.3, -0.25) is 14.7 Å². The summed E-state index contributed by atoms with van der Waals surface area (Å²) in [5.41, 5.74) is 2.63. The first kappa shape index (κ1) is 35.5. The summed E-state index contributed by atoms with van der Waals surface area (Å²) < 4.78 is 18.6. The van der Waals surface area contributed by atoms with Crippen LogP contribution in [0.3, 0.4) is 0 Å². The van der Waals surface area contributed by atoms with Crippen molar-refractivity contribution in [3.63, 3.8) is 0 Å². The van der Waals surface area contributed by atoms with E-state index in [0.29, 0.717) is 43.5 Å². The van der Waals surface area contributed by atoms with E-state index in [1.807, 2.05) is 60.7 Å². The molecule has 0 saturated carbocycles. The minimum absolute atomic E-state index is 0.0466. The Labute approximate surface area is 319 Å². The molecule has 5 aromatic rings. The number of aliphatic imine (C=N–C) groups is 1. The molecule has 2 atom stereocenters. The first-order valence-corrected chi connectivity index (χ1v) is 18.3. The van der Waals surface area contributed by atoms with Gasteiger partial charge in [-0.15, -0.1) is 11.8 Å². The summed E-state index contributed by atoms with van der Waals surface area (Å²) in [6, 6.07) is 34.5. The summed E-state index contributed by atoms with van der Waals surface area (Å²) in [6.07, 6.45) is 0.728. The van der Waals surface area contributed by atoms with Crippen LogP contribution in [0.2, 0.25) is 15.1 Å². The zero-order valence-corrected chi connectivity index (χ0v) is 30.3. The third-order valence-electron chi connectivity index (χ3n) is 8.37. The Bertz CT molecular complexity index is 2140. The normalized spacial score (nSPS) is 16.8. The molecule has 0 unspecified atom stereocenters. The lowest BCUT2D eigenvalue weighted by Gasteiger charge is -2.48. The first-order valence-electron chi connectivity index (χ1n) is 16.1. The summed E-state index contributed by atoms with van der Waals surface area (Å²) in [6.45, 7) is -0.0911. The Kier molecular flexibility index (Phi) is 10.7. The number of halogens is 3. The SMILES string of the molecule is O=C(OC(c1ccccc1)c1ccccc1)C1=C(COc2cc(Cl)ccc2Oc2ccc(Cl)cc2Cl)CS[C@@H]2[C@H](N=Cc3ccccc3O)C(=O)N12. The molecule has 52 heavy (non-hydrogen) atoms. The zero-order chi connectivity index (χ0) is 36.2. The maximum absolute atomic E-state index is 14.4. The molecule has 262 valence electrons. The van der Waals surface area contributed by atoms with Gasteiger partial charge in [0.05, 0.1) is 5.02 Å². The number of β-lactam (4-membered cyclic amide) rings is 1. The maximum Gasteiger partial charge on any atom is 0.356 e. The van der Waals surface area contributed by atoms with E-state index in [1.54, 1.807) is 60.7 Å². The van der Waals surface area contributed by atoms with E-state index in [4.69, 9.17) is 49.0 Å². The Morgan fingerprint density at radius 3 is 2.15 bits per heavy atom. The standard InChI is InChI=1S/C40H29Cl3N2O6S/c41-28-15-17-32(30(43)19-28)50-33-18-16-29(42)20-34(33)49-22-27-23-52-39-35(44-21-26-13-7-8-14-31(26)46)38(47)45(39)36(27)40(48)51-37(24-9-3-1-4-10-24)25-11-5-2-6-12-25/h1-21,35,37,39,46H,22-23H2/t35-,39-/m1/s1. The molecule has 1 N–H and O–H groups in total. The third-order valence-corrected chi connectivity index (χ3v) is 10.5. The minimum atomic E-state index is -0.772. The van der Waals surface area contributed by atoms with Crippen molar-refractivity contribution in [3.05, 3.63) is 164 Å². The largest absolute Gasteiger partial charge is 0.507 e. The molecule has 5 aromatic carbocycles. The lowest BCUT2D eigenvalue weighted by atomic mass is 10.0. The van der Waals surface area contributed by atoms with Gasteiger partial charge in [-0.25, -0.2) is 4.79 Å². The Hall–Kier alpha value is -4.93. The van der Waals surface area contributed by atoms with Crippen molar-refractivity contribution < 1.29 is 28.9 Å². The highest BCUT2D eigenvalue weighted by Crippen LogP contribution is 2.44. The van der Waals surface area contributed by atoms with Gasteiger partial charge in [-0.05, 0) is 53.6 Å². The number of hydrogen-bond acceptors (Lipinski definition) is 8. The summed E-state index contributed by atoms with van der Waals surface area (Å²) in [4.78, 5) is 34.1. The number of carbonyl (C=O) groups is 2. The number of esters is 1. The van der Waals surface area contributed by atoms with Crippen molar-refractivity contribution >= 4 is 64.7 Å². The molecule has 7 rings (SSSR count). The van der Waals surface area contributed by atoms with Gasteiger partial charge in [0.15, 0.2) is 23.6 Å². The van der Waals surface area contributed by atoms with Crippen LogP contribution in [0.1, 0.15) is 22.8 Å². The second kappa shape index (κ2) is 15.8. The molecule has 1 amide bonds. The van der Waals surface area contributed by atoms with Crippen LogP contribution in [0, 0.1) is 0 Å². The molecule has 2 aliphatic rings. The van der Waals surface area contributed by atoms with Gasteiger partial charge in [-0.1, -0.05) is 108 Å². The Morgan fingerprint density at radius 2 is 1.48 bits per heavy atom. The molecule has 2 heterocycles. The molecule has 1 fully saturated rings. The monoisotopic (exact) mass is 770 g/mol. The van der Waals surface area contributed by atoms with Crippen LogP contribution >= 0.6 is 46.6 Å². The van der Waals surface area contributed by atoms with E-state index in [-0.39, 0.29) is 29.7 Å². The number of fused-ring (bicyclic) bond motifs is 1. The average Bonchev–Trinajstić information content (AvgIpc) is 3.16. The van der Waals surface area contributed by atoms with Gasteiger partial charge in [0.2, 0.25) is 0 Å². The Balaban J connectivity index is 1.21. The van der Waals surface area contributed by atoms with E-state index >= 15 is 0 Å². The number of phenols is 1. The van der Waals surface area contributed by atoms with Crippen LogP contribution in [-0.2, 0) is 14.3 Å². The van der Waals surface area contributed by atoms with Crippen LogP contribution in [0.4, 0.5) is 0 Å². The highest BCUT2D eigenvalue weighted by atomic mass is 35.5. The average molecular weight is 772 g/mol. The smallest absolute Gasteiger partial charge is 0.356 e. The van der Waals surface area contributed by atoms with Gasteiger partial charge in [-0.2, -0.15) is 0 Å². The molecule has 0 radical (unpaired) electrons. The number of aromatic hydroxyl groups is 1. The molecule has 0 aromatic heterocycles. The highest BCUT2D eigenvalue weighted by molar-refractivity contribution is 8.00. The fraction of sp³-hybridized carbons (Fsp3) is 0.125. The van der Waals surface area contributed by atoms with Gasteiger partial charge < -0.3 is 19.3 Å². The zero-order valence-electron chi connectivity index (χ0n) is 27.2. The number of phenolic OH excluding ortho intramolecular Hbond substituents is 1. The number of rotatable bonds is 11. The van der Waals surface area contributed by atoms with E-state index in [0.717, 1.165) is 11.1 Å². The molecular formula is C40H29Cl3N2O6S. The molecule has 0 aliphatic carbocycles. The fourth-order valence-corrected chi connectivity index (χ4v) is 7.72. The van der Waals surface area contributed by atoms with E-state index in [1.165, 1.54) is 22.9 Å². The molecular weight excluding hydrogens is 743 g/mol. The number of nitrogens with zero attached hydrogens (tertiary/aromatic N) is 2. The van der Waals surface area contributed by atoms with Crippen LogP contribution < -0.4 is 9.47 Å². The summed E-state index contributed by atoms with van der Waals surface area (Å²) >= 11 is 20.3. The highest BCUT2D eigenvalue weighted by Gasteiger charge is 2.54. The second-order valence-corrected chi connectivity index (χ2v) is 14.2. The van der Waals surface area contributed by atoms with Crippen molar-refractivity contribution in [3.8, 4) is 23.0 Å². The predicted molar refractivity (Wildman–Crippen MR) is 204 cm³/mol. The van der Waals surface area contributed by atoms with Crippen LogP contribution in [0.5, 0.6) is 23.0 Å². The molecule has 0 bridgehead atoms. The number of amides is 1. The molecule has 0 spiro atoms. The summed E-state index contributed by atoms with van der Waals surface area (Å²) in [7, 11) is 0. The van der Waals surface area contributed by atoms with E-state index < -0.39 is 23.5 Å². The molecule has 2 aliphatic heterocycles. The van der Waals surface area contributed by atoms with Crippen LogP contribution in [0.15, 0.2) is 138 Å². The van der Waals surface area contributed by atoms with Crippen molar-refractivity contribution in [1.82, 2.24) is 4.90 Å². The van der Waals surface area contributed by atoms with E-state index in [2.05, 4.69) is 4.99 Å². The molecule has 8 nitrogen and oxygen atoms in total. The van der Waals surface area contributed by atoms with Gasteiger partial charge in [0.25, 0.3) is 5.91 Å².